The predicted molar refractivity (Wildman–Crippen MR) is 127 cm³/mol. The van der Waals surface area contributed by atoms with Crippen LogP contribution in [0.15, 0.2) is 58.3 Å². The third kappa shape index (κ3) is 3.25. The first-order valence-corrected chi connectivity index (χ1v) is 12.2. The fourth-order valence-electron chi connectivity index (χ4n) is 5.34. The maximum Gasteiger partial charge on any atom is 0.256 e. The Bertz CT molecular complexity index is 1330. The molecule has 2 amide bonds. The van der Waals surface area contributed by atoms with Crippen LogP contribution >= 0.6 is 0 Å². The molecule has 1 spiro atoms. The lowest BCUT2D eigenvalue weighted by Gasteiger charge is -2.23. The van der Waals surface area contributed by atoms with E-state index in [0.29, 0.717) is 18.3 Å². The lowest BCUT2D eigenvalue weighted by atomic mass is 10.1. The highest BCUT2D eigenvalue weighted by Gasteiger charge is 2.57. The first kappa shape index (κ1) is 19.9. The molecule has 1 atom stereocenters. The van der Waals surface area contributed by atoms with Gasteiger partial charge in [-0.3, -0.25) is 19.5 Å². The lowest BCUT2D eigenvalue weighted by Crippen LogP contribution is -2.41. The van der Waals surface area contributed by atoms with Gasteiger partial charge in [0.25, 0.3) is 5.91 Å². The van der Waals surface area contributed by atoms with Crippen molar-refractivity contribution >= 4 is 28.6 Å². The van der Waals surface area contributed by atoms with Crippen LogP contribution in [0.5, 0.6) is 0 Å². The number of likely N-dealkylation sites (tertiary alicyclic amines) is 1. The first-order chi connectivity index (χ1) is 16.6. The van der Waals surface area contributed by atoms with Gasteiger partial charge in [0, 0.05) is 42.7 Å². The van der Waals surface area contributed by atoms with Crippen LogP contribution in [0.1, 0.15) is 37.8 Å². The molecule has 4 heterocycles. The van der Waals surface area contributed by atoms with Gasteiger partial charge >= 0.3 is 0 Å². The minimum atomic E-state index is -0.565. The zero-order valence-corrected chi connectivity index (χ0v) is 18.9. The Morgan fingerprint density at radius 1 is 1.09 bits per heavy atom. The average Bonchev–Trinajstić information content (AvgIpc) is 3.74. The number of aromatic nitrogens is 1. The van der Waals surface area contributed by atoms with Gasteiger partial charge in [0.05, 0.1) is 6.26 Å². The number of carbonyl (C=O) groups is 2. The van der Waals surface area contributed by atoms with Crippen molar-refractivity contribution in [3.05, 3.63) is 54.6 Å². The molecule has 2 aliphatic carbocycles. The van der Waals surface area contributed by atoms with Crippen molar-refractivity contribution in [3.8, 4) is 11.1 Å². The minimum Gasteiger partial charge on any atom is -0.464 e. The Labute approximate surface area is 197 Å². The third-order valence-corrected chi connectivity index (χ3v) is 7.69. The van der Waals surface area contributed by atoms with E-state index in [1.54, 1.807) is 6.26 Å². The molecule has 4 aliphatic rings. The van der Waals surface area contributed by atoms with Crippen LogP contribution in [0.25, 0.3) is 22.1 Å². The molecule has 0 bridgehead atoms. The van der Waals surface area contributed by atoms with E-state index >= 15 is 0 Å². The van der Waals surface area contributed by atoms with Crippen molar-refractivity contribution < 1.29 is 14.0 Å². The highest BCUT2D eigenvalue weighted by Crippen LogP contribution is 2.46. The lowest BCUT2D eigenvalue weighted by molar-refractivity contribution is -0.131. The maximum absolute atomic E-state index is 13.3. The van der Waals surface area contributed by atoms with Crippen molar-refractivity contribution in [2.24, 2.45) is 16.8 Å². The fourth-order valence-corrected chi connectivity index (χ4v) is 5.34. The molecule has 2 aliphatic heterocycles. The van der Waals surface area contributed by atoms with E-state index in [1.807, 2.05) is 46.3 Å². The summed E-state index contributed by atoms with van der Waals surface area (Å²) in [7, 11) is 0. The summed E-state index contributed by atoms with van der Waals surface area (Å²) in [5, 5.41) is 1.06. The van der Waals surface area contributed by atoms with Crippen LogP contribution in [0.3, 0.4) is 0 Å². The van der Waals surface area contributed by atoms with Crippen molar-refractivity contribution in [1.82, 2.24) is 14.8 Å². The number of pyridine rings is 1. The van der Waals surface area contributed by atoms with E-state index in [4.69, 9.17) is 14.4 Å². The summed E-state index contributed by atoms with van der Waals surface area (Å²) in [6, 6.07) is 12.0. The Morgan fingerprint density at radius 3 is 2.71 bits per heavy atom. The number of fused-ring (bicyclic) bond motifs is 1. The number of hydrogen-bond acceptors (Lipinski definition) is 5. The van der Waals surface area contributed by atoms with Crippen LogP contribution in [-0.4, -0.2) is 57.6 Å². The van der Waals surface area contributed by atoms with E-state index in [-0.39, 0.29) is 17.7 Å². The van der Waals surface area contributed by atoms with E-state index < -0.39 is 5.54 Å². The van der Waals surface area contributed by atoms with E-state index in [0.717, 1.165) is 73.0 Å². The summed E-state index contributed by atoms with van der Waals surface area (Å²) in [5.74, 6) is 1.62. The van der Waals surface area contributed by atoms with Gasteiger partial charge in [0.1, 0.15) is 16.8 Å². The van der Waals surface area contributed by atoms with Gasteiger partial charge in [-0.05, 0) is 67.9 Å². The number of benzene rings is 1. The molecule has 3 aromatic rings. The zero-order valence-electron chi connectivity index (χ0n) is 18.9. The van der Waals surface area contributed by atoms with Crippen LogP contribution in [0, 0.1) is 11.8 Å². The molecule has 2 saturated carbocycles. The molecule has 1 saturated heterocycles. The van der Waals surface area contributed by atoms with Gasteiger partial charge in [-0.25, -0.2) is 4.99 Å². The smallest absolute Gasteiger partial charge is 0.256 e. The Hall–Kier alpha value is -3.48. The molecule has 7 heteroatoms. The summed E-state index contributed by atoms with van der Waals surface area (Å²) in [5.41, 5.74) is 3.11. The number of carbonyl (C=O) groups excluding carboxylic acids is 2. The summed E-state index contributed by atoms with van der Waals surface area (Å²) < 4.78 is 5.44. The van der Waals surface area contributed by atoms with E-state index in [1.165, 1.54) is 0 Å². The van der Waals surface area contributed by atoms with Crippen molar-refractivity contribution in [1.29, 1.82) is 0 Å². The van der Waals surface area contributed by atoms with Crippen LogP contribution in [-0.2, 0) is 9.59 Å². The maximum atomic E-state index is 13.3. The normalized spacial score (nSPS) is 23.2. The van der Waals surface area contributed by atoms with Crippen molar-refractivity contribution in [2.45, 2.75) is 37.6 Å². The summed E-state index contributed by atoms with van der Waals surface area (Å²) in [6.07, 6.45) is 8.16. The SMILES string of the molecule is O=C(C1CC1)N1CCC(CN2C(=O)C3(CC3)N=C2c2ccc(-c3ccc4occc4c3)cn2)C1. The van der Waals surface area contributed by atoms with Gasteiger partial charge in [-0.1, -0.05) is 12.1 Å². The van der Waals surface area contributed by atoms with Crippen molar-refractivity contribution in [2.75, 3.05) is 19.6 Å². The zero-order chi connectivity index (χ0) is 22.9. The summed E-state index contributed by atoms with van der Waals surface area (Å²) in [4.78, 5) is 39.2. The molecule has 34 heavy (non-hydrogen) atoms. The van der Waals surface area contributed by atoms with Crippen LogP contribution in [0.4, 0.5) is 0 Å². The Morgan fingerprint density at radius 2 is 1.94 bits per heavy atom. The highest BCUT2D eigenvalue weighted by atomic mass is 16.3. The topological polar surface area (TPSA) is 79.0 Å². The van der Waals surface area contributed by atoms with Crippen LogP contribution in [0.2, 0.25) is 0 Å². The van der Waals surface area contributed by atoms with E-state index in [2.05, 4.69) is 6.07 Å². The molecule has 3 fully saturated rings. The predicted octanol–water partition coefficient (Wildman–Crippen LogP) is 3.87. The van der Waals surface area contributed by atoms with Crippen LogP contribution < -0.4 is 0 Å². The van der Waals surface area contributed by atoms with Gasteiger partial charge in [0.15, 0.2) is 5.84 Å². The monoisotopic (exact) mass is 454 g/mol. The average molecular weight is 455 g/mol. The number of furan rings is 1. The Kier molecular flexibility index (Phi) is 4.26. The Balaban J connectivity index is 1.12. The van der Waals surface area contributed by atoms with Gasteiger partial charge in [0.2, 0.25) is 5.91 Å². The number of rotatable bonds is 5. The molecule has 0 radical (unpaired) electrons. The standard InChI is InChI=1S/C27H26N4O3/c32-25(18-1-2-18)30-11-7-17(15-30)16-31-24(29-27(9-10-27)26(31)33)22-5-3-21(14-28-22)19-4-6-23-20(13-19)8-12-34-23/h3-6,8,12-14,17-18H,1-2,7,9-11,15-16H2. The van der Waals surface area contributed by atoms with Gasteiger partial charge in [-0.15, -0.1) is 0 Å². The fraction of sp³-hybridized carbons (Fsp3) is 0.407. The van der Waals surface area contributed by atoms with E-state index in [9.17, 15) is 9.59 Å². The second-order valence-electron chi connectivity index (χ2n) is 10.2. The third-order valence-electron chi connectivity index (χ3n) is 7.69. The molecule has 2 aromatic heterocycles. The highest BCUT2D eigenvalue weighted by molar-refractivity contribution is 6.15. The number of nitrogens with zero attached hydrogens (tertiary/aromatic N) is 4. The van der Waals surface area contributed by atoms with Gasteiger partial charge in [-0.2, -0.15) is 0 Å². The molecule has 172 valence electrons. The largest absolute Gasteiger partial charge is 0.464 e. The van der Waals surface area contributed by atoms with Crippen molar-refractivity contribution in [3.63, 3.8) is 0 Å². The second-order valence-corrected chi connectivity index (χ2v) is 10.2. The number of aliphatic imine (C=N–C) groups is 1. The summed E-state index contributed by atoms with van der Waals surface area (Å²) >= 11 is 0. The molecule has 7 rings (SSSR count). The molecule has 7 nitrogen and oxygen atoms in total. The molecular weight excluding hydrogens is 428 g/mol. The molecule has 0 N–H and O–H groups in total. The van der Waals surface area contributed by atoms with Gasteiger partial charge < -0.3 is 9.32 Å². The first-order valence-electron chi connectivity index (χ1n) is 12.2. The molecular formula is C27H26N4O3. The summed E-state index contributed by atoms with van der Waals surface area (Å²) in [6.45, 7) is 2.14. The number of amides is 2. The quantitative estimate of drug-likeness (QED) is 0.586. The molecule has 1 aromatic carbocycles. The molecule has 1 unspecified atom stereocenters. The number of hydrogen-bond donors (Lipinski definition) is 0. The second kappa shape index (κ2) is 7.26. The minimum absolute atomic E-state index is 0.103. The number of amidine groups is 1.